The molecular weight excluding hydrogens is 515 g/mol. The molecule has 0 saturated carbocycles. The van der Waals surface area contributed by atoms with E-state index in [9.17, 15) is 24.1 Å². The molecule has 0 saturated heterocycles. The molecule has 202 valence electrons. The minimum absolute atomic E-state index is 0.147. The maximum absolute atomic E-state index is 13.7. The van der Waals surface area contributed by atoms with Crippen LogP contribution in [0.25, 0.3) is 0 Å². The molecule has 0 spiro atoms. The van der Waals surface area contributed by atoms with E-state index >= 15 is 0 Å². The summed E-state index contributed by atoms with van der Waals surface area (Å²) in [7, 11) is 0. The van der Waals surface area contributed by atoms with Crippen molar-refractivity contribution in [3.8, 4) is 0 Å². The van der Waals surface area contributed by atoms with Crippen molar-refractivity contribution in [2.45, 2.75) is 26.8 Å². The van der Waals surface area contributed by atoms with Gasteiger partial charge in [-0.15, -0.1) is 0 Å². The molecule has 11 heteroatoms. The molecule has 0 radical (unpaired) electrons. The number of allylic oxidation sites excluding steroid dienone is 1. The summed E-state index contributed by atoms with van der Waals surface area (Å²) in [5, 5.41) is 24.8. The van der Waals surface area contributed by atoms with Gasteiger partial charge in [0.1, 0.15) is 23.2 Å². The van der Waals surface area contributed by atoms with Gasteiger partial charge >= 0.3 is 0 Å². The third kappa shape index (κ3) is 5.04. The molecule has 1 atom stereocenters. The molecule has 1 aromatic heterocycles. The summed E-state index contributed by atoms with van der Waals surface area (Å²) in [6.07, 6.45) is 1.35. The lowest BCUT2D eigenvalue weighted by atomic mass is 9.94. The van der Waals surface area contributed by atoms with E-state index in [1.165, 1.54) is 53.3 Å². The lowest BCUT2D eigenvalue weighted by Crippen LogP contribution is -2.32. The number of carbonyl (C=O) groups is 2. The number of hydrogen-bond donors (Lipinski definition) is 3. The van der Waals surface area contributed by atoms with Crippen molar-refractivity contribution in [2.75, 3.05) is 16.0 Å². The van der Waals surface area contributed by atoms with Crippen LogP contribution >= 0.6 is 0 Å². The lowest BCUT2D eigenvalue weighted by Gasteiger charge is -2.30. The van der Waals surface area contributed by atoms with Crippen LogP contribution in [0.2, 0.25) is 0 Å². The summed E-state index contributed by atoms with van der Waals surface area (Å²) >= 11 is 0. The van der Waals surface area contributed by atoms with Crippen LogP contribution in [-0.4, -0.2) is 26.5 Å². The quantitative estimate of drug-likeness (QED) is 0.212. The van der Waals surface area contributed by atoms with E-state index in [0.29, 0.717) is 28.5 Å². The number of nitrogens with one attached hydrogen (secondary N) is 3. The molecule has 4 aromatic rings. The van der Waals surface area contributed by atoms with Gasteiger partial charge in [-0.05, 0) is 62.2 Å². The first-order valence-electron chi connectivity index (χ1n) is 12.4. The summed E-state index contributed by atoms with van der Waals surface area (Å²) in [5.74, 6) is -1.06. The highest BCUT2D eigenvalue weighted by Crippen LogP contribution is 2.39. The molecule has 3 aromatic carbocycles. The molecule has 5 rings (SSSR count). The van der Waals surface area contributed by atoms with Gasteiger partial charge in [-0.2, -0.15) is 5.10 Å². The largest absolute Gasteiger partial charge is 0.343 e. The maximum atomic E-state index is 13.7. The van der Waals surface area contributed by atoms with Gasteiger partial charge in [0.15, 0.2) is 0 Å². The Morgan fingerprint density at radius 2 is 1.75 bits per heavy atom. The van der Waals surface area contributed by atoms with Crippen LogP contribution in [0.15, 0.2) is 84.2 Å². The van der Waals surface area contributed by atoms with Crippen molar-refractivity contribution in [2.24, 2.45) is 0 Å². The van der Waals surface area contributed by atoms with Crippen LogP contribution in [0.5, 0.6) is 0 Å². The molecular formula is C29H25FN6O4. The zero-order valence-electron chi connectivity index (χ0n) is 21.9. The number of anilines is 3. The van der Waals surface area contributed by atoms with Gasteiger partial charge in [0.25, 0.3) is 17.5 Å². The first-order valence-corrected chi connectivity index (χ1v) is 12.4. The molecule has 40 heavy (non-hydrogen) atoms. The highest BCUT2D eigenvalue weighted by molar-refractivity contribution is 6.09. The Kier molecular flexibility index (Phi) is 6.87. The van der Waals surface area contributed by atoms with Crippen molar-refractivity contribution in [3.05, 3.63) is 122 Å². The second-order valence-electron chi connectivity index (χ2n) is 9.50. The van der Waals surface area contributed by atoms with Crippen molar-refractivity contribution in [1.82, 2.24) is 9.78 Å². The second kappa shape index (κ2) is 10.4. The predicted octanol–water partition coefficient (Wildman–Crippen LogP) is 5.73. The number of fused-ring (bicyclic) bond motifs is 1. The molecule has 1 aliphatic heterocycles. The number of rotatable bonds is 6. The fourth-order valence-electron chi connectivity index (χ4n) is 4.71. The molecule has 2 amide bonds. The SMILES string of the molecule is CC1=C(C(=O)Nc2ccc(C)cc2C)C(c2cccc([N+](=O)[O-])c2)n2ncc(C(=O)Nc3ccc(F)cc3)c2N1. The smallest absolute Gasteiger partial charge is 0.269 e. The van der Waals surface area contributed by atoms with Crippen molar-refractivity contribution in [3.63, 3.8) is 0 Å². The number of nitrogens with zero attached hydrogens (tertiary/aromatic N) is 3. The first kappa shape index (κ1) is 26.3. The normalized spacial score (nSPS) is 14.2. The predicted molar refractivity (Wildman–Crippen MR) is 149 cm³/mol. The van der Waals surface area contributed by atoms with Gasteiger partial charge in [0.05, 0.1) is 16.7 Å². The monoisotopic (exact) mass is 540 g/mol. The third-order valence-electron chi connectivity index (χ3n) is 6.64. The number of benzene rings is 3. The Labute approximate surface area is 228 Å². The van der Waals surface area contributed by atoms with E-state index in [-0.39, 0.29) is 16.8 Å². The average Bonchev–Trinajstić information content (AvgIpc) is 3.34. The molecule has 0 aliphatic carbocycles. The van der Waals surface area contributed by atoms with E-state index < -0.39 is 28.6 Å². The van der Waals surface area contributed by atoms with E-state index in [0.717, 1.165) is 11.1 Å². The standard InChI is InChI=1S/C29H25FN6O4/c1-16-7-12-24(17(2)13-16)34-29(38)25-18(3)32-27-23(28(37)33-21-10-8-20(30)9-11-21)15-31-35(27)26(25)19-5-4-6-22(14-19)36(39)40/h4-15,26,32H,1-3H3,(H,33,37)(H,34,38). The number of carbonyl (C=O) groups excluding carboxylic acids is 2. The third-order valence-corrected chi connectivity index (χ3v) is 6.64. The van der Waals surface area contributed by atoms with E-state index in [2.05, 4.69) is 21.0 Å². The lowest BCUT2D eigenvalue weighted by molar-refractivity contribution is -0.384. The molecule has 0 bridgehead atoms. The Balaban J connectivity index is 1.57. The van der Waals surface area contributed by atoms with Gasteiger partial charge in [-0.3, -0.25) is 19.7 Å². The number of aryl methyl sites for hydroxylation is 2. The Bertz CT molecular complexity index is 1690. The van der Waals surface area contributed by atoms with Crippen LogP contribution in [0.1, 0.15) is 40.0 Å². The Morgan fingerprint density at radius 3 is 2.45 bits per heavy atom. The molecule has 2 heterocycles. The van der Waals surface area contributed by atoms with Crippen LogP contribution in [0.4, 0.5) is 27.3 Å². The molecule has 1 unspecified atom stereocenters. The van der Waals surface area contributed by atoms with E-state index in [1.54, 1.807) is 13.0 Å². The maximum Gasteiger partial charge on any atom is 0.269 e. The van der Waals surface area contributed by atoms with E-state index in [4.69, 9.17) is 0 Å². The molecule has 1 aliphatic rings. The number of aromatic nitrogens is 2. The summed E-state index contributed by atoms with van der Waals surface area (Å²) in [6, 6.07) is 16.1. The Morgan fingerprint density at radius 1 is 1.00 bits per heavy atom. The van der Waals surface area contributed by atoms with Gasteiger partial charge in [0.2, 0.25) is 0 Å². The number of halogens is 1. The summed E-state index contributed by atoms with van der Waals surface area (Å²) < 4.78 is 14.8. The van der Waals surface area contributed by atoms with Gasteiger partial charge in [-0.1, -0.05) is 29.8 Å². The van der Waals surface area contributed by atoms with Gasteiger partial charge in [-0.25, -0.2) is 9.07 Å². The Hall–Kier alpha value is -5.32. The number of nitro groups is 1. The summed E-state index contributed by atoms with van der Waals surface area (Å²) in [5.41, 5.74) is 4.13. The number of non-ortho nitro benzene ring substituents is 1. The zero-order valence-corrected chi connectivity index (χ0v) is 21.9. The summed E-state index contributed by atoms with van der Waals surface area (Å²) in [6.45, 7) is 5.54. The highest BCUT2D eigenvalue weighted by atomic mass is 19.1. The zero-order chi connectivity index (χ0) is 28.6. The van der Waals surface area contributed by atoms with Crippen molar-refractivity contribution >= 4 is 34.7 Å². The van der Waals surface area contributed by atoms with Crippen LogP contribution in [0.3, 0.4) is 0 Å². The van der Waals surface area contributed by atoms with Gasteiger partial charge in [0, 0.05) is 29.2 Å². The second-order valence-corrected chi connectivity index (χ2v) is 9.50. The minimum Gasteiger partial charge on any atom is -0.343 e. The number of amides is 2. The molecule has 0 fully saturated rings. The van der Waals surface area contributed by atoms with E-state index in [1.807, 2.05) is 32.0 Å². The fraction of sp³-hybridized carbons (Fsp3) is 0.138. The number of hydrogen-bond acceptors (Lipinski definition) is 6. The van der Waals surface area contributed by atoms with Crippen molar-refractivity contribution < 1.29 is 18.9 Å². The van der Waals surface area contributed by atoms with Crippen molar-refractivity contribution in [1.29, 1.82) is 0 Å². The minimum atomic E-state index is -0.880. The fourth-order valence-corrected chi connectivity index (χ4v) is 4.71. The van der Waals surface area contributed by atoms with Gasteiger partial charge < -0.3 is 16.0 Å². The summed E-state index contributed by atoms with van der Waals surface area (Å²) in [4.78, 5) is 38.0. The molecule has 10 nitrogen and oxygen atoms in total. The van der Waals surface area contributed by atoms with Crippen LogP contribution in [-0.2, 0) is 4.79 Å². The average molecular weight is 541 g/mol. The topological polar surface area (TPSA) is 131 Å². The van der Waals surface area contributed by atoms with Crippen LogP contribution < -0.4 is 16.0 Å². The van der Waals surface area contributed by atoms with Crippen LogP contribution in [0, 0.1) is 29.8 Å². The first-order chi connectivity index (χ1) is 19.1. The molecule has 3 N–H and O–H groups in total. The number of nitro benzene ring substituents is 1. The highest BCUT2D eigenvalue weighted by Gasteiger charge is 2.36.